The summed E-state index contributed by atoms with van der Waals surface area (Å²) in [4.78, 5) is 25.1. The van der Waals surface area contributed by atoms with Gasteiger partial charge in [0.2, 0.25) is 11.7 Å². The molecule has 1 N–H and O–H groups in total. The van der Waals surface area contributed by atoms with Gasteiger partial charge in [-0.2, -0.15) is 0 Å². The minimum absolute atomic E-state index is 0.0170. The van der Waals surface area contributed by atoms with Gasteiger partial charge in [-0.05, 0) is 31.4 Å². The number of thioether (sulfide) groups is 1. The molecular weight excluding hydrogens is 362 g/mol. The molecule has 0 fully saturated rings. The molecule has 2 aromatic heterocycles. The fraction of sp³-hybridized carbons (Fsp3) is 0.474. The van der Waals surface area contributed by atoms with Crippen LogP contribution in [0.3, 0.4) is 0 Å². The van der Waals surface area contributed by atoms with E-state index in [0.717, 1.165) is 24.8 Å². The van der Waals surface area contributed by atoms with E-state index >= 15 is 0 Å². The van der Waals surface area contributed by atoms with Crippen LogP contribution >= 0.6 is 11.8 Å². The third-order valence-electron chi connectivity index (χ3n) is 4.61. The van der Waals surface area contributed by atoms with Crippen molar-refractivity contribution in [2.45, 2.75) is 57.8 Å². The Labute approximate surface area is 162 Å². The molecule has 27 heavy (non-hydrogen) atoms. The van der Waals surface area contributed by atoms with Crippen molar-refractivity contribution in [3.63, 3.8) is 0 Å². The number of para-hydroxylation sites is 1. The van der Waals surface area contributed by atoms with Crippen LogP contribution < -0.4 is 10.9 Å². The quantitative estimate of drug-likeness (QED) is 0.601. The van der Waals surface area contributed by atoms with E-state index in [1.807, 2.05) is 35.6 Å². The highest BCUT2D eigenvalue weighted by atomic mass is 32.2. The maximum atomic E-state index is 12.8. The van der Waals surface area contributed by atoms with Crippen molar-refractivity contribution >= 4 is 34.3 Å². The molecule has 0 unspecified atom stereocenters. The Morgan fingerprint density at radius 2 is 1.93 bits per heavy atom. The van der Waals surface area contributed by atoms with Crippen LogP contribution in [0.4, 0.5) is 0 Å². The summed E-state index contributed by atoms with van der Waals surface area (Å²) < 4.78 is 3.53. The van der Waals surface area contributed by atoms with Gasteiger partial charge >= 0.3 is 0 Å². The van der Waals surface area contributed by atoms with Gasteiger partial charge in [0.1, 0.15) is 0 Å². The minimum atomic E-state index is -0.0598. The van der Waals surface area contributed by atoms with Gasteiger partial charge in [0.25, 0.3) is 5.56 Å². The van der Waals surface area contributed by atoms with Gasteiger partial charge in [-0.25, -0.2) is 0 Å². The predicted octanol–water partition coefficient (Wildman–Crippen LogP) is 2.85. The van der Waals surface area contributed by atoms with Crippen molar-refractivity contribution in [3.8, 4) is 0 Å². The van der Waals surface area contributed by atoms with Crippen LogP contribution in [0.2, 0.25) is 0 Å². The smallest absolute Gasteiger partial charge is 0.262 e. The second kappa shape index (κ2) is 8.56. The molecule has 3 rings (SSSR count). The van der Waals surface area contributed by atoms with Crippen molar-refractivity contribution in [1.29, 1.82) is 0 Å². The number of rotatable bonds is 8. The molecule has 0 radical (unpaired) electrons. The molecular formula is C19H25N5O2S. The number of amides is 1. The molecule has 7 nitrogen and oxygen atoms in total. The molecule has 0 aliphatic rings. The SMILES string of the molecule is CCCn1c(=O)c2ccccc2n2c(SCC(=O)NC(CC)CC)nnc12. The molecule has 3 aromatic rings. The maximum absolute atomic E-state index is 12.8. The molecule has 0 atom stereocenters. The van der Waals surface area contributed by atoms with Gasteiger partial charge in [-0.15, -0.1) is 10.2 Å². The first-order valence-corrected chi connectivity index (χ1v) is 10.4. The standard InChI is InChI=1S/C19H25N5O2S/c1-4-11-23-17(26)14-9-7-8-10-15(14)24-18(23)21-22-19(24)27-12-16(25)20-13(5-2)6-3/h7-10,13H,4-6,11-12H2,1-3H3,(H,20,25). The average Bonchev–Trinajstić information content (AvgIpc) is 3.11. The lowest BCUT2D eigenvalue weighted by Crippen LogP contribution is -2.35. The number of aryl methyl sites for hydroxylation is 1. The number of nitrogens with zero attached hydrogens (tertiary/aromatic N) is 4. The first-order chi connectivity index (χ1) is 13.1. The van der Waals surface area contributed by atoms with Crippen LogP contribution in [0.15, 0.2) is 34.2 Å². The van der Waals surface area contributed by atoms with Crippen molar-refractivity contribution < 1.29 is 4.79 Å². The van der Waals surface area contributed by atoms with Crippen LogP contribution in [0.1, 0.15) is 40.0 Å². The summed E-state index contributed by atoms with van der Waals surface area (Å²) in [6.07, 6.45) is 2.64. The van der Waals surface area contributed by atoms with Gasteiger partial charge in [0.15, 0.2) is 5.16 Å². The fourth-order valence-electron chi connectivity index (χ4n) is 3.14. The van der Waals surface area contributed by atoms with Crippen LogP contribution in [-0.2, 0) is 11.3 Å². The molecule has 0 aliphatic heterocycles. The summed E-state index contributed by atoms with van der Waals surface area (Å²) in [5.41, 5.74) is 0.702. The number of fused-ring (bicyclic) bond motifs is 3. The predicted molar refractivity (Wildman–Crippen MR) is 108 cm³/mol. The molecule has 0 saturated carbocycles. The lowest BCUT2D eigenvalue weighted by atomic mass is 10.2. The van der Waals surface area contributed by atoms with Crippen LogP contribution in [0.5, 0.6) is 0 Å². The molecule has 144 valence electrons. The number of hydrogen-bond acceptors (Lipinski definition) is 5. The Kier molecular flexibility index (Phi) is 6.15. The zero-order valence-electron chi connectivity index (χ0n) is 15.9. The molecule has 2 heterocycles. The number of carbonyl (C=O) groups excluding carboxylic acids is 1. The number of benzene rings is 1. The number of hydrogen-bond donors (Lipinski definition) is 1. The van der Waals surface area contributed by atoms with Crippen LogP contribution in [0.25, 0.3) is 16.7 Å². The lowest BCUT2D eigenvalue weighted by molar-refractivity contribution is -0.119. The highest BCUT2D eigenvalue weighted by Crippen LogP contribution is 2.21. The largest absolute Gasteiger partial charge is 0.353 e. The summed E-state index contributed by atoms with van der Waals surface area (Å²) in [5.74, 6) is 0.763. The number of aromatic nitrogens is 4. The first-order valence-electron chi connectivity index (χ1n) is 9.39. The maximum Gasteiger partial charge on any atom is 0.262 e. The monoisotopic (exact) mass is 387 g/mol. The molecule has 1 amide bonds. The zero-order valence-corrected chi connectivity index (χ0v) is 16.8. The Morgan fingerprint density at radius 3 is 2.63 bits per heavy atom. The third-order valence-corrected chi connectivity index (χ3v) is 5.54. The third kappa shape index (κ3) is 3.85. The van der Waals surface area contributed by atoms with Crippen molar-refractivity contribution in [2.75, 3.05) is 5.75 Å². The molecule has 0 aliphatic carbocycles. The van der Waals surface area contributed by atoms with Crippen LogP contribution in [0, 0.1) is 0 Å². The van der Waals surface area contributed by atoms with Gasteiger partial charge in [0, 0.05) is 12.6 Å². The molecule has 0 saturated heterocycles. The lowest BCUT2D eigenvalue weighted by Gasteiger charge is -2.14. The average molecular weight is 388 g/mol. The van der Waals surface area contributed by atoms with E-state index in [-0.39, 0.29) is 23.3 Å². The van der Waals surface area contributed by atoms with Crippen molar-refractivity contribution in [2.24, 2.45) is 0 Å². The van der Waals surface area contributed by atoms with Gasteiger partial charge in [-0.3, -0.25) is 18.6 Å². The summed E-state index contributed by atoms with van der Waals surface area (Å²) in [7, 11) is 0. The van der Waals surface area contributed by atoms with Gasteiger partial charge < -0.3 is 5.32 Å². The Balaban J connectivity index is 1.98. The van der Waals surface area contributed by atoms with Crippen LogP contribution in [-0.4, -0.2) is 36.9 Å². The van der Waals surface area contributed by atoms with E-state index in [4.69, 9.17) is 0 Å². The number of carbonyl (C=O) groups is 1. The minimum Gasteiger partial charge on any atom is -0.353 e. The normalized spacial score (nSPS) is 11.6. The highest BCUT2D eigenvalue weighted by Gasteiger charge is 2.17. The highest BCUT2D eigenvalue weighted by molar-refractivity contribution is 7.99. The molecule has 0 spiro atoms. The number of nitrogens with one attached hydrogen (secondary N) is 1. The first kappa shape index (κ1) is 19.4. The summed E-state index contributed by atoms with van der Waals surface area (Å²) in [6, 6.07) is 7.64. The van der Waals surface area contributed by atoms with E-state index in [9.17, 15) is 9.59 Å². The fourth-order valence-corrected chi connectivity index (χ4v) is 3.90. The van der Waals surface area contributed by atoms with Crippen molar-refractivity contribution in [1.82, 2.24) is 24.5 Å². The Hall–Kier alpha value is -2.35. The van der Waals surface area contributed by atoms with E-state index in [2.05, 4.69) is 29.4 Å². The molecule has 1 aromatic carbocycles. The zero-order chi connectivity index (χ0) is 19.4. The van der Waals surface area contributed by atoms with E-state index in [1.54, 1.807) is 4.57 Å². The Morgan fingerprint density at radius 1 is 1.19 bits per heavy atom. The topological polar surface area (TPSA) is 81.3 Å². The summed E-state index contributed by atoms with van der Waals surface area (Å²) in [5, 5.41) is 12.8. The second-order valence-electron chi connectivity index (χ2n) is 6.46. The molecule has 8 heteroatoms. The van der Waals surface area contributed by atoms with Crippen molar-refractivity contribution in [3.05, 3.63) is 34.6 Å². The Bertz CT molecular complexity index is 1010. The van der Waals surface area contributed by atoms with Gasteiger partial charge in [-0.1, -0.05) is 44.7 Å². The second-order valence-corrected chi connectivity index (χ2v) is 7.40. The van der Waals surface area contributed by atoms with E-state index in [0.29, 0.717) is 22.9 Å². The van der Waals surface area contributed by atoms with E-state index < -0.39 is 0 Å². The summed E-state index contributed by atoms with van der Waals surface area (Å²) in [6.45, 7) is 6.72. The van der Waals surface area contributed by atoms with Gasteiger partial charge in [0.05, 0.1) is 16.7 Å². The summed E-state index contributed by atoms with van der Waals surface area (Å²) >= 11 is 1.34. The van der Waals surface area contributed by atoms with E-state index in [1.165, 1.54) is 11.8 Å². The molecule has 0 bridgehead atoms.